The van der Waals surface area contributed by atoms with Gasteiger partial charge in [-0.05, 0) is 18.9 Å². The minimum Gasteiger partial charge on any atom is -0.381 e. The lowest BCUT2D eigenvalue weighted by Gasteiger charge is -2.23. The van der Waals surface area contributed by atoms with E-state index in [1.165, 1.54) is 12.3 Å². The maximum absolute atomic E-state index is 10.4. The Morgan fingerprint density at radius 3 is 2.75 bits per heavy atom. The third-order valence-electron chi connectivity index (χ3n) is 2.53. The number of nitro groups is 1. The molecule has 0 bridgehead atoms. The quantitative estimate of drug-likeness (QED) is 0.621. The minimum absolute atomic E-state index is 0.0116. The molecule has 0 spiro atoms. The summed E-state index contributed by atoms with van der Waals surface area (Å²) in [6.07, 6.45) is 3.15. The smallest absolute Gasteiger partial charge is 0.287 e. The predicted molar refractivity (Wildman–Crippen MR) is 58.4 cm³/mol. The van der Waals surface area contributed by atoms with Crippen molar-refractivity contribution in [3.05, 3.63) is 28.4 Å². The Hall–Kier alpha value is -1.69. The largest absolute Gasteiger partial charge is 0.381 e. The predicted octanol–water partition coefficient (Wildman–Crippen LogP) is 1.58. The Bertz CT molecular complexity index is 360. The fraction of sp³-hybridized carbons (Fsp3) is 0.500. The molecule has 1 aliphatic heterocycles. The van der Waals surface area contributed by atoms with Crippen molar-refractivity contribution in [2.24, 2.45) is 0 Å². The second-order valence-corrected chi connectivity index (χ2v) is 3.69. The minimum atomic E-state index is -0.453. The third kappa shape index (κ3) is 2.66. The molecule has 1 aliphatic rings. The van der Waals surface area contributed by atoms with Gasteiger partial charge in [-0.3, -0.25) is 10.1 Å². The maximum atomic E-state index is 10.4. The lowest BCUT2D eigenvalue weighted by Crippen LogP contribution is -2.28. The van der Waals surface area contributed by atoms with Crippen molar-refractivity contribution in [2.45, 2.75) is 18.9 Å². The topological polar surface area (TPSA) is 77.3 Å². The summed E-state index contributed by atoms with van der Waals surface area (Å²) < 4.78 is 5.24. The molecule has 6 heteroatoms. The highest BCUT2D eigenvalue weighted by Crippen LogP contribution is 2.15. The normalized spacial score (nSPS) is 17.0. The lowest BCUT2D eigenvalue weighted by molar-refractivity contribution is -0.385. The third-order valence-corrected chi connectivity index (χ3v) is 2.53. The Balaban J connectivity index is 1.96. The van der Waals surface area contributed by atoms with Crippen LogP contribution in [-0.4, -0.2) is 29.2 Å². The standard InChI is InChI=1S/C10H13N3O3/c14-13(15)9-1-2-10(11-7-9)12-8-3-5-16-6-4-8/h1-2,7-8H,3-6H2,(H,11,12). The Labute approximate surface area is 92.8 Å². The van der Waals surface area contributed by atoms with Crippen LogP contribution in [0.25, 0.3) is 0 Å². The number of pyridine rings is 1. The highest BCUT2D eigenvalue weighted by atomic mass is 16.6. The van der Waals surface area contributed by atoms with Crippen molar-refractivity contribution < 1.29 is 9.66 Å². The molecule has 1 aromatic rings. The fourth-order valence-electron chi connectivity index (χ4n) is 1.63. The van der Waals surface area contributed by atoms with E-state index in [1.54, 1.807) is 6.07 Å². The highest BCUT2D eigenvalue weighted by Gasteiger charge is 2.14. The average Bonchev–Trinajstić information content (AvgIpc) is 2.31. The Morgan fingerprint density at radius 2 is 2.19 bits per heavy atom. The molecule has 1 saturated heterocycles. The summed E-state index contributed by atoms with van der Waals surface area (Å²) in [7, 11) is 0. The van der Waals surface area contributed by atoms with Crippen molar-refractivity contribution in [3.63, 3.8) is 0 Å². The first-order chi connectivity index (χ1) is 7.75. The molecule has 2 heterocycles. The van der Waals surface area contributed by atoms with Crippen molar-refractivity contribution in [3.8, 4) is 0 Å². The van der Waals surface area contributed by atoms with Gasteiger partial charge in [0.25, 0.3) is 5.69 Å². The number of nitrogens with zero attached hydrogens (tertiary/aromatic N) is 2. The van der Waals surface area contributed by atoms with E-state index in [0.717, 1.165) is 26.1 Å². The molecule has 2 rings (SSSR count). The molecule has 1 N–H and O–H groups in total. The first-order valence-corrected chi connectivity index (χ1v) is 5.20. The molecule has 1 fully saturated rings. The summed E-state index contributed by atoms with van der Waals surface area (Å²) in [6, 6.07) is 3.44. The van der Waals surface area contributed by atoms with Crippen LogP contribution in [0.15, 0.2) is 18.3 Å². The van der Waals surface area contributed by atoms with Crippen LogP contribution in [0, 0.1) is 10.1 Å². The number of anilines is 1. The van der Waals surface area contributed by atoms with Gasteiger partial charge in [-0.2, -0.15) is 0 Å². The van der Waals surface area contributed by atoms with Crippen LogP contribution in [-0.2, 0) is 4.74 Å². The Morgan fingerprint density at radius 1 is 1.44 bits per heavy atom. The van der Waals surface area contributed by atoms with Crippen LogP contribution in [0.3, 0.4) is 0 Å². The number of rotatable bonds is 3. The van der Waals surface area contributed by atoms with Crippen LogP contribution in [0.5, 0.6) is 0 Å². The summed E-state index contributed by atoms with van der Waals surface area (Å²) in [5.74, 6) is 0.678. The molecule has 16 heavy (non-hydrogen) atoms. The second kappa shape index (κ2) is 4.89. The van der Waals surface area contributed by atoms with Crippen LogP contribution >= 0.6 is 0 Å². The summed E-state index contributed by atoms with van der Waals surface area (Å²) >= 11 is 0. The SMILES string of the molecule is O=[N+]([O-])c1ccc(NC2CCOCC2)nc1. The molecule has 0 amide bonds. The molecular formula is C10H13N3O3. The van der Waals surface area contributed by atoms with Crippen molar-refractivity contribution in [1.82, 2.24) is 4.98 Å². The fourth-order valence-corrected chi connectivity index (χ4v) is 1.63. The summed E-state index contributed by atoms with van der Waals surface area (Å²) in [4.78, 5) is 14.0. The van der Waals surface area contributed by atoms with E-state index in [0.29, 0.717) is 11.9 Å². The summed E-state index contributed by atoms with van der Waals surface area (Å²) in [5, 5.41) is 13.7. The number of hydrogen-bond acceptors (Lipinski definition) is 5. The zero-order valence-corrected chi connectivity index (χ0v) is 8.76. The Kier molecular flexibility index (Phi) is 3.31. The average molecular weight is 223 g/mol. The van der Waals surface area contributed by atoms with Gasteiger partial charge < -0.3 is 10.1 Å². The van der Waals surface area contributed by atoms with Gasteiger partial charge in [0, 0.05) is 25.3 Å². The molecule has 0 unspecified atom stereocenters. The molecule has 0 saturated carbocycles. The van der Waals surface area contributed by atoms with Crippen LogP contribution < -0.4 is 5.32 Å². The van der Waals surface area contributed by atoms with Gasteiger partial charge in [0.05, 0.1) is 4.92 Å². The van der Waals surface area contributed by atoms with E-state index >= 15 is 0 Å². The van der Waals surface area contributed by atoms with E-state index in [1.807, 2.05) is 0 Å². The first kappa shape index (κ1) is 10.8. The van der Waals surface area contributed by atoms with Gasteiger partial charge in [-0.1, -0.05) is 0 Å². The van der Waals surface area contributed by atoms with Crippen molar-refractivity contribution in [1.29, 1.82) is 0 Å². The van der Waals surface area contributed by atoms with Gasteiger partial charge in [0.15, 0.2) is 0 Å². The highest BCUT2D eigenvalue weighted by molar-refractivity contribution is 5.40. The second-order valence-electron chi connectivity index (χ2n) is 3.69. The number of nitrogens with one attached hydrogen (secondary N) is 1. The summed E-state index contributed by atoms with van der Waals surface area (Å²) in [5.41, 5.74) is 0.0116. The molecule has 6 nitrogen and oxygen atoms in total. The zero-order chi connectivity index (χ0) is 11.4. The van der Waals surface area contributed by atoms with Gasteiger partial charge >= 0.3 is 0 Å². The van der Waals surface area contributed by atoms with Crippen LogP contribution in [0.1, 0.15) is 12.8 Å². The molecule has 0 radical (unpaired) electrons. The summed E-state index contributed by atoms with van der Waals surface area (Å²) in [6.45, 7) is 1.51. The van der Waals surface area contributed by atoms with E-state index in [-0.39, 0.29) is 5.69 Å². The van der Waals surface area contributed by atoms with Gasteiger partial charge in [0.1, 0.15) is 12.0 Å². The number of ether oxygens (including phenoxy) is 1. The lowest BCUT2D eigenvalue weighted by atomic mass is 10.1. The maximum Gasteiger partial charge on any atom is 0.287 e. The molecule has 1 aromatic heterocycles. The van der Waals surface area contributed by atoms with Crippen LogP contribution in [0.4, 0.5) is 11.5 Å². The van der Waals surface area contributed by atoms with Crippen molar-refractivity contribution in [2.75, 3.05) is 18.5 Å². The molecule has 0 aromatic carbocycles. The van der Waals surface area contributed by atoms with E-state index < -0.39 is 4.92 Å². The number of hydrogen-bond donors (Lipinski definition) is 1. The molecule has 86 valence electrons. The van der Waals surface area contributed by atoms with Gasteiger partial charge in [-0.15, -0.1) is 0 Å². The zero-order valence-electron chi connectivity index (χ0n) is 8.76. The molecule has 0 aliphatic carbocycles. The van der Waals surface area contributed by atoms with Crippen molar-refractivity contribution >= 4 is 11.5 Å². The molecule has 0 atom stereocenters. The van der Waals surface area contributed by atoms with E-state index in [2.05, 4.69) is 10.3 Å². The molecular weight excluding hydrogens is 210 g/mol. The van der Waals surface area contributed by atoms with Crippen LogP contribution in [0.2, 0.25) is 0 Å². The van der Waals surface area contributed by atoms with E-state index in [9.17, 15) is 10.1 Å². The van der Waals surface area contributed by atoms with Gasteiger partial charge in [0.2, 0.25) is 0 Å². The first-order valence-electron chi connectivity index (χ1n) is 5.20. The number of aromatic nitrogens is 1. The monoisotopic (exact) mass is 223 g/mol. The van der Waals surface area contributed by atoms with E-state index in [4.69, 9.17) is 4.74 Å². The van der Waals surface area contributed by atoms with Gasteiger partial charge in [-0.25, -0.2) is 4.98 Å².